The van der Waals surface area contributed by atoms with Crippen LogP contribution in [0, 0.1) is 13.8 Å². The van der Waals surface area contributed by atoms with Gasteiger partial charge in [0.25, 0.3) is 0 Å². The lowest BCUT2D eigenvalue weighted by atomic mass is 10.0. The third-order valence-corrected chi connectivity index (χ3v) is 3.41. The molecule has 1 atom stereocenters. The molecule has 3 heteroatoms. The zero-order chi connectivity index (χ0) is 13.3. The summed E-state index contributed by atoms with van der Waals surface area (Å²) in [6.07, 6.45) is -0.312. The number of aliphatic hydroxyl groups excluding tert-OH is 1. The normalized spacial score (nSPS) is 23.8. The maximum atomic E-state index is 9.99. The number of nitrogens with one attached hydrogen (secondary N) is 1. The van der Waals surface area contributed by atoms with Crippen molar-refractivity contribution in [3.63, 3.8) is 0 Å². The van der Waals surface area contributed by atoms with Crippen LogP contribution in [0.1, 0.15) is 25.0 Å². The largest absolute Gasteiger partial charge is 0.390 e. The van der Waals surface area contributed by atoms with Gasteiger partial charge in [0.2, 0.25) is 0 Å². The van der Waals surface area contributed by atoms with E-state index in [2.05, 4.69) is 56.1 Å². The van der Waals surface area contributed by atoms with Gasteiger partial charge in [-0.15, -0.1) is 0 Å². The molecule has 3 nitrogen and oxygen atoms in total. The Bertz CT molecular complexity index is 408. The predicted molar refractivity (Wildman–Crippen MR) is 76.2 cm³/mol. The molecule has 1 aromatic rings. The van der Waals surface area contributed by atoms with E-state index in [-0.39, 0.29) is 11.6 Å². The van der Waals surface area contributed by atoms with E-state index in [1.165, 1.54) is 16.8 Å². The van der Waals surface area contributed by atoms with E-state index in [9.17, 15) is 5.11 Å². The van der Waals surface area contributed by atoms with Crippen molar-refractivity contribution in [2.24, 2.45) is 0 Å². The first-order chi connectivity index (χ1) is 8.35. The van der Waals surface area contributed by atoms with Gasteiger partial charge in [0.1, 0.15) is 0 Å². The number of aliphatic hydroxyl groups is 1. The number of hydrogen-bond acceptors (Lipinski definition) is 3. The number of rotatable bonds is 1. The van der Waals surface area contributed by atoms with Crippen LogP contribution in [-0.2, 0) is 0 Å². The Kier molecular flexibility index (Phi) is 3.64. The minimum atomic E-state index is -0.312. The lowest BCUT2D eigenvalue weighted by Crippen LogP contribution is -2.46. The Labute approximate surface area is 110 Å². The number of β-amino-alcohol motifs (C(OH)–C–C–N with tert-alkyl or cyclic N) is 1. The molecule has 0 aliphatic carbocycles. The van der Waals surface area contributed by atoms with E-state index in [1.54, 1.807) is 0 Å². The van der Waals surface area contributed by atoms with E-state index >= 15 is 0 Å². The Morgan fingerprint density at radius 3 is 2.44 bits per heavy atom. The second-order valence-electron chi connectivity index (χ2n) is 6.15. The smallest absolute Gasteiger partial charge is 0.0839 e. The van der Waals surface area contributed by atoms with Crippen LogP contribution in [-0.4, -0.2) is 36.4 Å². The maximum Gasteiger partial charge on any atom is 0.0839 e. The van der Waals surface area contributed by atoms with Gasteiger partial charge >= 0.3 is 0 Å². The fraction of sp³-hybridized carbons (Fsp3) is 0.600. The molecule has 0 aromatic heterocycles. The third-order valence-electron chi connectivity index (χ3n) is 3.41. The average molecular weight is 248 g/mol. The minimum absolute atomic E-state index is 0.0229. The van der Waals surface area contributed by atoms with Crippen LogP contribution < -0.4 is 10.2 Å². The van der Waals surface area contributed by atoms with Gasteiger partial charge in [-0.1, -0.05) is 6.07 Å². The second kappa shape index (κ2) is 4.90. The van der Waals surface area contributed by atoms with Crippen molar-refractivity contribution in [3.05, 3.63) is 29.3 Å². The highest BCUT2D eigenvalue weighted by Crippen LogP contribution is 2.22. The Hall–Kier alpha value is -1.06. The molecule has 1 aromatic carbocycles. The molecule has 18 heavy (non-hydrogen) atoms. The summed E-state index contributed by atoms with van der Waals surface area (Å²) in [4.78, 5) is 2.28. The first kappa shape index (κ1) is 13.4. The SMILES string of the molecule is Cc1cc(C)cc(N2CC(O)CNC(C)(C)C2)c1. The highest BCUT2D eigenvalue weighted by molar-refractivity contribution is 5.51. The minimum Gasteiger partial charge on any atom is -0.390 e. The summed E-state index contributed by atoms with van der Waals surface area (Å²) in [5.74, 6) is 0. The van der Waals surface area contributed by atoms with E-state index < -0.39 is 0 Å². The van der Waals surface area contributed by atoms with E-state index in [1.807, 2.05) is 0 Å². The molecule has 1 fully saturated rings. The van der Waals surface area contributed by atoms with Crippen molar-refractivity contribution >= 4 is 5.69 Å². The van der Waals surface area contributed by atoms with Crippen molar-refractivity contribution < 1.29 is 5.11 Å². The molecule has 1 saturated heterocycles. The van der Waals surface area contributed by atoms with Crippen molar-refractivity contribution in [1.29, 1.82) is 0 Å². The summed E-state index contributed by atoms with van der Waals surface area (Å²) in [5, 5.41) is 13.4. The summed E-state index contributed by atoms with van der Waals surface area (Å²) < 4.78 is 0. The monoisotopic (exact) mass is 248 g/mol. The van der Waals surface area contributed by atoms with Crippen LogP contribution in [0.5, 0.6) is 0 Å². The lowest BCUT2D eigenvalue weighted by Gasteiger charge is -2.31. The molecule has 0 bridgehead atoms. The first-order valence-electron chi connectivity index (χ1n) is 6.62. The zero-order valence-electron chi connectivity index (χ0n) is 11.8. The molecule has 0 radical (unpaired) electrons. The van der Waals surface area contributed by atoms with Gasteiger partial charge in [-0.25, -0.2) is 0 Å². The fourth-order valence-electron chi connectivity index (χ4n) is 2.64. The lowest BCUT2D eigenvalue weighted by molar-refractivity contribution is 0.179. The van der Waals surface area contributed by atoms with Crippen LogP contribution in [0.25, 0.3) is 0 Å². The predicted octanol–water partition coefficient (Wildman–Crippen LogP) is 1.85. The van der Waals surface area contributed by atoms with Crippen LogP contribution in [0.2, 0.25) is 0 Å². The number of anilines is 1. The Morgan fingerprint density at radius 1 is 1.22 bits per heavy atom. The molecule has 1 aliphatic heterocycles. The molecular weight excluding hydrogens is 224 g/mol. The summed E-state index contributed by atoms with van der Waals surface area (Å²) in [7, 11) is 0. The molecule has 0 saturated carbocycles. The summed E-state index contributed by atoms with van der Waals surface area (Å²) in [6.45, 7) is 10.9. The molecule has 1 aliphatic rings. The summed E-state index contributed by atoms with van der Waals surface area (Å²) in [5.41, 5.74) is 3.78. The molecule has 0 spiro atoms. The first-order valence-corrected chi connectivity index (χ1v) is 6.62. The quantitative estimate of drug-likeness (QED) is 0.796. The maximum absolute atomic E-state index is 9.99. The van der Waals surface area contributed by atoms with E-state index in [4.69, 9.17) is 0 Å². The zero-order valence-corrected chi connectivity index (χ0v) is 11.8. The van der Waals surface area contributed by atoms with Crippen molar-refractivity contribution in [2.75, 3.05) is 24.5 Å². The molecule has 1 unspecified atom stereocenters. The number of hydrogen-bond donors (Lipinski definition) is 2. The van der Waals surface area contributed by atoms with Gasteiger partial charge < -0.3 is 15.3 Å². The fourth-order valence-corrected chi connectivity index (χ4v) is 2.64. The Balaban J connectivity index is 2.29. The number of benzene rings is 1. The highest BCUT2D eigenvalue weighted by Gasteiger charge is 2.27. The van der Waals surface area contributed by atoms with Gasteiger partial charge in [-0.3, -0.25) is 0 Å². The van der Waals surface area contributed by atoms with Gasteiger partial charge in [0.15, 0.2) is 0 Å². The van der Waals surface area contributed by atoms with Crippen molar-refractivity contribution in [3.8, 4) is 0 Å². The molecule has 100 valence electrons. The standard InChI is InChI=1S/C15H24N2O/c1-11-5-12(2)7-13(6-11)17-9-14(18)8-16-15(3,4)10-17/h5-7,14,16,18H,8-10H2,1-4H3. The molecule has 2 N–H and O–H groups in total. The van der Waals surface area contributed by atoms with Crippen molar-refractivity contribution in [1.82, 2.24) is 5.32 Å². The molecule has 0 amide bonds. The third kappa shape index (κ3) is 3.24. The molecular formula is C15H24N2O. The molecule has 2 rings (SSSR count). The number of aryl methyl sites for hydroxylation is 2. The summed E-state index contributed by atoms with van der Waals surface area (Å²) >= 11 is 0. The van der Waals surface area contributed by atoms with E-state index in [0.717, 1.165) is 6.54 Å². The van der Waals surface area contributed by atoms with Gasteiger partial charge in [0.05, 0.1) is 6.10 Å². The molecule has 1 heterocycles. The van der Waals surface area contributed by atoms with Crippen LogP contribution in [0.3, 0.4) is 0 Å². The van der Waals surface area contributed by atoms with Crippen molar-refractivity contribution in [2.45, 2.75) is 39.3 Å². The van der Waals surface area contributed by atoms with Gasteiger partial charge in [-0.2, -0.15) is 0 Å². The second-order valence-corrected chi connectivity index (χ2v) is 6.15. The average Bonchev–Trinajstić information content (AvgIpc) is 2.36. The van der Waals surface area contributed by atoms with E-state index in [0.29, 0.717) is 13.1 Å². The van der Waals surface area contributed by atoms with Gasteiger partial charge in [-0.05, 0) is 51.0 Å². The summed E-state index contributed by atoms with van der Waals surface area (Å²) in [6, 6.07) is 6.57. The van der Waals surface area contributed by atoms with Gasteiger partial charge in [0, 0.05) is 30.9 Å². The van der Waals surface area contributed by atoms with Crippen LogP contribution in [0.15, 0.2) is 18.2 Å². The number of nitrogens with zero attached hydrogens (tertiary/aromatic N) is 1. The van der Waals surface area contributed by atoms with Crippen LogP contribution >= 0.6 is 0 Å². The highest BCUT2D eigenvalue weighted by atomic mass is 16.3. The topological polar surface area (TPSA) is 35.5 Å². The Morgan fingerprint density at radius 2 is 1.83 bits per heavy atom. The van der Waals surface area contributed by atoms with Crippen LogP contribution in [0.4, 0.5) is 5.69 Å².